The van der Waals surface area contributed by atoms with Gasteiger partial charge in [0.05, 0.1) is 11.1 Å². The van der Waals surface area contributed by atoms with E-state index < -0.39 is 11.7 Å². The summed E-state index contributed by atoms with van der Waals surface area (Å²) in [5.74, 6) is 0.137. The molecule has 1 fully saturated rings. The first kappa shape index (κ1) is 18.7. The van der Waals surface area contributed by atoms with Crippen LogP contribution < -0.4 is 10.4 Å². The number of piperidine rings is 1. The lowest BCUT2D eigenvalue weighted by molar-refractivity contribution is -0.139. The number of likely N-dealkylation sites (tertiary alicyclic amines) is 1. The zero-order valence-corrected chi connectivity index (χ0v) is 15.8. The predicted octanol–water partition coefficient (Wildman–Crippen LogP) is 2.81. The molecule has 6 nitrogen and oxygen atoms in total. The number of aryl methyl sites for hydroxylation is 1. The summed E-state index contributed by atoms with van der Waals surface area (Å²) in [7, 11) is 0. The first-order valence-corrected chi connectivity index (χ1v) is 9.02. The van der Waals surface area contributed by atoms with Gasteiger partial charge in [-0.15, -0.1) is 0 Å². The lowest BCUT2D eigenvalue weighted by atomic mass is 10.1. The molecule has 0 saturated carbocycles. The summed E-state index contributed by atoms with van der Waals surface area (Å²) in [4.78, 5) is 26.1. The minimum Gasteiger partial charge on any atom is -0.479 e. The summed E-state index contributed by atoms with van der Waals surface area (Å²) in [6.07, 6.45) is 0.0519. The SMILES string of the molecule is Cc1c(C)c2cc(Cl)c(OC(C)C(=O)N3CCC(O)CC3)cc2oc1=O. The van der Waals surface area contributed by atoms with Crippen LogP contribution in [0, 0.1) is 13.8 Å². The standard InChI is InChI=1S/C19H22ClNO5/c1-10-11(2)19(24)26-16-9-17(15(20)8-14(10)16)25-12(3)18(23)21-6-4-13(22)5-7-21/h8-9,12-13,22H,4-7H2,1-3H3. The first-order valence-electron chi connectivity index (χ1n) is 8.65. The number of hydrogen-bond donors (Lipinski definition) is 1. The lowest BCUT2D eigenvalue weighted by Crippen LogP contribution is -2.45. The largest absolute Gasteiger partial charge is 0.479 e. The summed E-state index contributed by atoms with van der Waals surface area (Å²) >= 11 is 6.32. The van der Waals surface area contributed by atoms with Gasteiger partial charge in [0.2, 0.25) is 0 Å². The second kappa shape index (κ2) is 7.29. The molecule has 0 aliphatic carbocycles. The molecule has 1 saturated heterocycles. The number of aliphatic hydroxyl groups excluding tert-OH is 1. The van der Waals surface area contributed by atoms with E-state index in [0.717, 1.165) is 10.9 Å². The van der Waals surface area contributed by atoms with Crippen molar-refractivity contribution in [2.75, 3.05) is 13.1 Å². The van der Waals surface area contributed by atoms with Crippen LogP contribution in [-0.2, 0) is 4.79 Å². The Morgan fingerprint density at radius 1 is 1.31 bits per heavy atom. The minimum absolute atomic E-state index is 0.158. The van der Waals surface area contributed by atoms with Gasteiger partial charge in [-0.05, 0) is 45.2 Å². The second-order valence-electron chi connectivity index (χ2n) is 6.73. The molecular formula is C19H22ClNO5. The van der Waals surface area contributed by atoms with Gasteiger partial charge in [-0.2, -0.15) is 0 Å². The Kier molecular flexibility index (Phi) is 5.25. The van der Waals surface area contributed by atoms with Crippen LogP contribution in [0.5, 0.6) is 5.75 Å². The van der Waals surface area contributed by atoms with E-state index in [1.807, 2.05) is 6.92 Å². The lowest BCUT2D eigenvalue weighted by Gasteiger charge is -2.31. The zero-order chi connectivity index (χ0) is 19.0. The number of rotatable bonds is 3. The minimum atomic E-state index is -0.738. The molecule has 0 spiro atoms. The van der Waals surface area contributed by atoms with Gasteiger partial charge in [0.15, 0.2) is 6.10 Å². The van der Waals surface area contributed by atoms with Crippen molar-refractivity contribution in [1.82, 2.24) is 4.90 Å². The molecule has 1 unspecified atom stereocenters. The number of aliphatic hydroxyl groups is 1. The van der Waals surface area contributed by atoms with Crippen molar-refractivity contribution in [3.63, 3.8) is 0 Å². The van der Waals surface area contributed by atoms with Crippen LogP contribution in [0.1, 0.15) is 30.9 Å². The smallest absolute Gasteiger partial charge is 0.339 e. The number of hydrogen-bond acceptors (Lipinski definition) is 5. The summed E-state index contributed by atoms with van der Waals surface area (Å²) in [6, 6.07) is 3.24. The van der Waals surface area contributed by atoms with Gasteiger partial charge < -0.3 is 19.2 Å². The Hall–Kier alpha value is -2.05. The van der Waals surface area contributed by atoms with Crippen LogP contribution in [0.15, 0.2) is 21.3 Å². The quantitative estimate of drug-likeness (QED) is 0.829. The molecule has 1 aliphatic heterocycles. The molecule has 0 bridgehead atoms. The Morgan fingerprint density at radius 2 is 1.96 bits per heavy atom. The first-order chi connectivity index (χ1) is 12.3. The summed E-state index contributed by atoms with van der Waals surface area (Å²) in [5.41, 5.74) is 1.32. The Labute approximate surface area is 156 Å². The van der Waals surface area contributed by atoms with E-state index in [4.69, 9.17) is 20.8 Å². The monoisotopic (exact) mass is 379 g/mol. The van der Waals surface area contributed by atoms with Crippen molar-refractivity contribution in [3.05, 3.63) is 38.7 Å². The number of amides is 1. The van der Waals surface area contributed by atoms with Crippen LogP contribution in [0.3, 0.4) is 0 Å². The highest BCUT2D eigenvalue weighted by molar-refractivity contribution is 6.32. The summed E-state index contributed by atoms with van der Waals surface area (Å²) in [6.45, 7) is 6.21. The number of halogens is 1. The highest BCUT2D eigenvalue weighted by Crippen LogP contribution is 2.32. The molecule has 140 valence electrons. The van der Waals surface area contributed by atoms with Gasteiger partial charge in [0, 0.05) is 30.1 Å². The predicted molar refractivity (Wildman–Crippen MR) is 98.9 cm³/mol. The maximum absolute atomic E-state index is 12.5. The van der Waals surface area contributed by atoms with Gasteiger partial charge in [-0.1, -0.05) is 11.6 Å². The van der Waals surface area contributed by atoms with Crippen molar-refractivity contribution >= 4 is 28.5 Å². The van der Waals surface area contributed by atoms with Crippen LogP contribution in [0.25, 0.3) is 11.0 Å². The molecular weight excluding hydrogens is 358 g/mol. The van der Waals surface area contributed by atoms with Gasteiger partial charge in [-0.25, -0.2) is 4.79 Å². The average molecular weight is 380 g/mol. The van der Waals surface area contributed by atoms with Gasteiger partial charge in [-0.3, -0.25) is 4.79 Å². The normalized spacial score (nSPS) is 16.7. The van der Waals surface area contributed by atoms with E-state index in [0.29, 0.717) is 47.8 Å². The topological polar surface area (TPSA) is 80.0 Å². The fourth-order valence-corrected chi connectivity index (χ4v) is 3.33. The van der Waals surface area contributed by atoms with E-state index in [1.54, 1.807) is 30.9 Å². The van der Waals surface area contributed by atoms with Gasteiger partial charge >= 0.3 is 5.63 Å². The maximum Gasteiger partial charge on any atom is 0.339 e. The number of carbonyl (C=O) groups is 1. The van der Waals surface area contributed by atoms with E-state index >= 15 is 0 Å². The van der Waals surface area contributed by atoms with E-state index in [-0.39, 0.29) is 12.0 Å². The maximum atomic E-state index is 12.5. The molecule has 1 aromatic heterocycles. The fourth-order valence-electron chi connectivity index (χ4n) is 3.12. The highest BCUT2D eigenvalue weighted by atomic mass is 35.5. The van der Waals surface area contributed by atoms with Gasteiger partial charge in [0.1, 0.15) is 11.3 Å². The molecule has 2 aromatic rings. The molecule has 26 heavy (non-hydrogen) atoms. The second-order valence-corrected chi connectivity index (χ2v) is 7.14. The molecule has 1 aromatic carbocycles. The third kappa shape index (κ3) is 3.57. The van der Waals surface area contributed by atoms with Crippen LogP contribution in [-0.4, -0.2) is 41.2 Å². The van der Waals surface area contributed by atoms with E-state index in [2.05, 4.69) is 0 Å². The molecule has 3 rings (SSSR count). The highest BCUT2D eigenvalue weighted by Gasteiger charge is 2.27. The van der Waals surface area contributed by atoms with Gasteiger partial charge in [0.25, 0.3) is 5.91 Å². The molecule has 1 atom stereocenters. The number of ether oxygens (including phenoxy) is 1. The summed E-state index contributed by atoms with van der Waals surface area (Å²) < 4.78 is 11.1. The van der Waals surface area contributed by atoms with Crippen molar-refractivity contribution in [2.45, 2.75) is 45.8 Å². The van der Waals surface area contributed by atoms with Crippen molar-refractivity contribution in [3.8, 4) is 5.75 Å². The number of carbonyl (C=O) groups excluding carboxylic acids is 1. The number of fused-ring (bicyclic) bond motifs is 1. The fraction of sp³-hybridized carbons (Fsp3) is 0.474. The summed E-state index contributed by atoms with van der Waals surface area (Å²) in [5, 5.41) is 10.7. The zero-order valence-electron chi connectivity index (χ0n) is 15.0. The molecule has 2 heterocycles. The molecule has 1 aliphatic rings. The van der Waals surface area contributed by atoms with Crippen molar-refractivity contribution in [1.29, 1.82) is 0 Å². The van der Waals surface area contributed by atoms with E-state index in [1.165, 1.54) is 0 Å². The third-order valence-electron chi connectivity index (χ3n) is 4.94. The number of benzene rings is 1. The van der Waals surface area contributed by atoms with Crippen LogP contribution >= 0.6 is 11.6 Å². The molecule has 0 radical (unpaired) electrons. The molecule has 7 heteroatoms. The van der Waals surface area contributed by atoms with E-state index in [9.17, 15) is 14.7 Å². The number of nitrogens with zero attached hydrogens (tertiary/aromatic N) is 1. The van der Waals surface area contributed by atoms with Crippen LogP contribution in [0.2, 0.25) is 5.02 Å². The Morgan fingerprint density at radius 3 is 2.62 bits per heavy atom. The van der Waals surface area contributed by atoms with Crippen LogP contribution in [0.4, 0.5) is 0 Å². The average Bonchev–Trinajstić information content (AvgIpc) is 2.61. The van der Waals surface area contributed by atoms with Crippen molar-refractivity contribution < 1.29 is 19.1 Å². The Balaban J connectivity index is 1.84. The molecule has 1 amide bonds. The van der Waals surface area contributed by atoms with Crippen molar-refractivity contribution in [2.24, 2.45) is 0 Å². The Bertz CT molecular complexity index is 899. The third-order valence-corrected chi connectivity index (χ3v) is 5.23. The molecule has 1 N–H and O–H groups in total.